The van der Waals surface area contributed by atoms with Gasteiger partial charge in [-0.2, -0.15) is 0 Å². The number of rotatable bonds is 7. The molecule has 0 aromatic heterocycles. The monoisotopic (exact) mass is 388 g/mol. The van der Waals surface area contributed by atoms with E-state index in [9.17, 15) is 13.2 Å². The van der Waals surface area contributed by atoms with Gasteiger partial charge in [-0.15, -0.1) is 0 Å². The number of nitrogens with one attached hydrogen (secondary N) is 1. The van der Waals surface area contributed by atoms with Gasteiger partial charge in [-0.25, -0.2) is 8.42 Å². The first-order chi connectivity index (χ1) is 12.7. The maximum atomic E-state index is 13.0. The molecule has 1 N–H and O–H groups in total. The van der Waals surface area contributed by atoms with Crippen molar-refractivity contribution in [2.75, 3.05) is 11.4 Å². The summed E-state index contributed by atoms with van der Waals surface area (Å²) >= 11 is 0. The fraction of sp³-hybridized carbons (Fsp3) is 0.381. The summed E-state index contributed by atoms with van der Waals surface area (Å²) in [6.45, 7) is 7.77. The molecule has 146 valence electrons. The number of nitrogens with zero attached hydrogens (tertiary/aromatic N) is 1. The fourth-order valence-corrected chi connectivity index (χ4v) is 4.15. The molecule has 1 amide bonds. The Morgan fingerprint density at radius 3 is 2.33 bits per heavy atom. The van der Waals surface area contributed by atoms with Crippen molar-refractivity contribution in [2.45, 2.75) is 51.5 Å². The highest BCUT2D eigenvalue weighted by molar-refractivity contribution is 7.92. The minimum absolute atomic E-state index is 0.0706. The third-order valence-electron chi connectivity index (χ3n) is 4.59. The molecule has 0 aliphatic rings. The quantitative estimate of drug-likeness (QED) is 0.778. The smallest absolute Gasteiger partial charge is 0.264 e. The van der Waals surface area contributed by atoms with E-state index in [1.165, 1.54) is 11.4 Å². The van der Waals surface area contributed by atoms with Crippen LogP contribution in [0.4, 0.5) is 5.69 Å². The van der Waals surface area contributed by atoms with Crippen molar-refractivity contribution in [3.05, 3.63) is 59.2 Å². The molecule has 0 bridgehead atoms. The zero-order valence-electron chi connectivity index (χ0n) is 16.6. The van der Waals surface area contributed by atoms with Crippen LogP contribution >= 0.6 is 0 Å². The number of benzene rings is 2. The van der Waals surface area contributed by atoms with E-state index in [2.05, 4.69) is 12.2 Å². The van der Waals surface area contributed by atoms with Crippen molar-refractivity contribution >= 4 is 21.6 Å². The molecule has 0 saturated heterocycles. The lowest BCUT2D eigenvalue weighted by Crippen LogP contribution is -2.33. The third-order valence-corrected chi connectivity index (χ3v) is 6.37. The Morgan fingerprint density at radius 2 is 1.74 bits per heavy atom. The molecule has 0 aliphatic heterocycles. The van der Waals surface area contributed by atoms with Crippen LogP contribution in [-0.4, -0.2) is 27.4 Å². The van der Waals surface area contributed by atoms with Gasteiger partial charge in [0.15, 0.2) is 0 Å². The Morgan fingerprint density at radius 1 is 1.11 bits per heavy atom. The summed E-state index contributed by atoms with van der Waals surface area (Å²) in [6, 6.07) is 11.9. The summed E-state index contributed by atoms with van der Waals surface area (Å²) in [5.41, 5.74) is 2.72. The van der Waals surface area contributed by atoms with Crippen LogP contribution in [0, 0.1) is 13.8 Å². The maximum Gasteiger partial charge on any atom is 0.264 e. The van der Waals surface area contributed by atoms with E-state index in [-0.39, 0.29) is 16.8 Å². The van der Waals surface area contributed by atoms with Gasteiger partial charge in [0.2, 0.25) is 0 Å². The van der Waals surface area contributed by atoms with Crippen LogP contribution in [0.1, 0.15) is 48.2 Å². The number of anilines is 1. The number of carbonyl (C=O) groups is 1. The number of hydrogen-bond donors (Lipinski definition) is 1. The van der Waals surface area contributed by atoms with Crippen LogP contribution in [0.2, 0.25) is 0 Å². The third kappa shape index (κ3) is 4.89. The van der Waals surface area contributed by atoms with E-state index in [0.29, 0.717) is 11.3 Å². The summed E-state index contributed by atoms with van der Waals surface area (Å²) in [5.74, 6) is -0.196. The van der Waals surface area contributed by atoms with Crippen molar-refractivity contribution in [2.24, 2.45) is 0 Å². The summed E-state index contributed by atoms with van der Waals surface area (Å²) in [4.78, 5) is 12.7. The minimum Gasteiger partial charge on any atom is -0.350 e. The summed E-state index contributed by atoms with van der Waals surface area (Å²) in [7, 11) is -2.19. The van der Waals surface area contributed by atoms with Gasteiger partial charge in [-0.1, -0.05) is 37.1 Å². The molecule has 1 atom stereocenters. The number of sulfonamides is 1. The number of hydrogen-bond acceptors (Lipinski definition) is 3. The average molecular weight is 389 g/mol. The largest absolute Gasteiger partial charge is 0.350 e. The van der Waals surface area contributed by atoms with Crippen LogP contribution in [-0.2, 0) is 10.0 Å². The second kappa shape index (κ2) is 8.57. The molecule has 0 fully saturated rings. The first kappa shape index (κ1) is 21.0. The Kier molecular flexibility index (Phi) is 6.65. The lowest BCUT2D eigenvalue weighted by Gasteiger charge is -2.22. The number of aryl methyl sites for hydroxylation is 2. The second-order valence-electron chi connectivity index (χ2n) is 6.95. The van der Waals surface area contributed by atoms with Crippen molar-refractivity contribution < 1.29 is 13.2 Å². The molecular weight excluding hydrogens is 360 g/mol. The molecule has 2 rings (SSSR count). The molecule has 0 radical (unpaired) electrons. The van der Waals surface area contributed by atoms with Gasteiger partial charge in [0.1, 0.15) is 0 Å². The molecule has 6 heteroatoms. The zero-order chi connectivity index (χ0) is 20.2. The van der Waals surface area contributed by atoms with Crippen LogP contribution in [0.5, 0.6) is 0 Å². The minimum atomic E-state index is -3.70. The highest BCUT2D eigenvalue weighted by atomic mass is 32.2. The van der Waals surface area contributed by atoms with Crippen molar-refractivity contribution in [1.29, 1.82) is 0 Å². The van der Waals surface area contributed by atoms with E-state index in [1.807, 2.05) is 20.8 Å². The Hall–Kier alpha value is -2.34. The Bertz CT molecular complexity index is 906. The molecule has 0 spiro atoms. The molecule has 5 nitrogen and oxygen atoms in total. The van der Waals surface area contributed by atoms with Crippen LogP contribution < -0.4 is 9.62 Å². The second-order valence-corrected chi connectivity index (χ2v) is 8.92. The zero-order valence-corrected chi connectivity index (χ0v) is 17.4. The normalized spacial score (nSPS) is 12.5. The molecule has 0 saturated carbocycles. The first-order valence-corrected chi connectivity index (χ1v) is 10.6. The van der Waals surface area contributed by atoms with Gasteiger partial charge in [-0.05, 0) is 57.0 Å². The van der Waals surface area contributed by atoms with Gasteiger partial charge in [0.25, 0.3) is 15.9 Å². The van der Waals surface area contributed by atoms with E-state index in [1.54, 1.807) is 42.5 Å². The maximum absolute atomic E-state index is 13.0. The molecule has 0 heterocycles. The van der Waals surface area contributed by atoms with Crippen molar-refractivity contribution in [3.63, 3.8) is 0 Å². The van der Waals surface area contributed by atoms with Gasteiger partial charge in [0.05, 0.1) is 10.6 Å². The Balaban J connectivity index is 2.34. The molecule has 1 unspecified atom stereocenters. The van der Waals surface area contributed by atoms with Crippen LogP contribution in [0.15, 0.2) is 47.4 Å². The molecule has 27 heavy (non-hydrogen) atoms. The number of amides is 1. The summed E-state index contributed by atoms with van der Waals surface area (Å²) in [6.07, 6.45) is 1.88. The van der Waals surface area contributed by atoms with Crippen molar-refractivity contribution in [3.8, 4) is 0 Å². The highest BCUT2D eigenvalue weighted by Gasteiger charge is 2.23. The van der Waals surface area contributed by atoms with Gasteiger partial charge >= 0.3 is 0 Å². The Labute approximate surface area is 162 Å². The van der Waals surface area contributed by atoms with Gasteiger partial charge in [0, 0.05) is 18.7 Å². The average Bonchev–Trinajstić information content (AvgIpc) is 2.62. The number of carbonyl (C=O) groups excluding carboxylic acids is 1. The van der Waals surface area contributed by atoms with E-state index >= 15 is 0 Å². The van der Waals surface area contributed by atoms with Gasteiger partial charge < -0.3 is 5.32 Å². The van der Waals surface area contributed by atoms with E-state index in [4.69, 9.17) is 0 Å². The fourth-order valence-electron chi connectivity index (χ4n) is 2.90. The molecule has 2 aromatic carbocycles. The van der Waals surface area contributed by atoms with Gasteiger partial charge in [-0.3, -0.25) is 9.10 Å². The standard InChI is InChI=1S/C21H28N2O3S/c1-6-7-17(4)22-21(24)18-11-10-16(3)20(14-18)23(5)27(25,26)19-12-8-15(2)9-13-19/h8-14,17H,6-7H2,1-5H3,(H,22,24). The predicted octanol–water partition coefficient (Wildman–Crippen LogP) is 4.05. The molecule has 0 aliphatic carbocycles. The highest BCUT2D eigenvalue weighted by Crippen LogP contribution is 2.26. The van der Waals surface area contributed by atoms with Crippen LogP contribution in [0.25, 0.3) is 0 Å². The topological polar surface area (TPSA) is 66.5 Å². The first-order valence-electron chi connectivity index (χ1n) is 9.14. The van der Waals surface area contributed by atoms with E-state index in [0.717, 1.165) is 24.0 Å². The summed E-state index contributed by atoms with van der Waals surface area (Å²) in [5, 5.41) is 2.95. The summed E-state index contributed by atoms with van der Waals surface area (Å²) < 4.78 is 27.2. The van der Waals surface area contributed by atoms with E-state index < -0.39 is 10.0 Å². The lowest BCUT2D eigenvalue weighted by molar-refractivity contribution is 0.0938. The molecule has 2 aromatic rings. The van der Waals surface area contributed by atoms with Crippen LogP contribution in [0.3, 0.4) is 0 Å². The molecular formula is C21H28N2O3S. The van der Waals surface area contributed by atoms with Crippen molar-refractivity contribution in [1.82, 2.24) is 5.32 Å². The SMILES string of the molecule is CCCC(C)NC(=O)c1ccc(C)c(N(C)S(=O)(=O)c2ccc(C)cc2)c1. The lowest BCUT2D eigenvalue weighted by atomic mass is 10.1. The predicted molar refractivity (Wildman–Crippen MR) is 110 cm³/mol.